The lowest BCUT2D eigenvalue weighted by Crippen LogP contribution is -2.69. The molecular weight excluding hydrogens is 685 g/mol. The minimum atomic E-state index is -0.708. The van der Waals surface area contributed by atoms with Gasteiger partial charge in [-0.15, -0.1) is 0 Å². The second-order valence-electron chi connectivity index (χ2n) is 13.8. The van der Waals surface area contributed by atoms with Gasteiger partial charge in [-0.2, -0.15) is 5.26 Å². The fraction of sp³-hybridized carbons (Fsp3) is 0.421. The molecular formula is C38H42N6O7S. The van der Waals surface area contributed by atoms with E-state index in [2.05, 4.69) is 31.8 Å². The molecule has 1 amide bonds. The number of aryl methyl sites for hydroxylation is 1. The Hall–Kier alpha value is -5.10. The van der Waals surface area contributed by atoms with Gasteiger partial charge in [0.25, 0.3) is 0 Å². The van der Waals surface area contributed by atoms with Crippen molar-refractivity contribution in [3.63, 3.8) is 0 Å². The smallest absolute Gasteiger partial charge is 0.308 e. The second-order valence-corrected chi connectivity index (χ2v) is 14.2. The van der Waals surface area contributed by atoms with E-state index >= 15 is 0 Å². The van der Waals surface area contributed by atoms with Gasteiger partial charge >= 0.3 is 5.97 Å². The molecule has 6 atom stereocenters. The van der Waals surface area contributed by atoms with Crippen molar-refractivity contribution >= 4 is 34.9 Å². The van der Waals surface area contributed by atoms with Crippen LogP contribution >= 0.6 is 12.2 Å². The quantitative estimate of drug-likeness (QED) is 0.158. The van der Waals surface area contributed by atoms with Gasteiger partial charge in [0.15, 0.2) is 28.1 Å². The number of nitrogens with one attached hydrogen (secondary N) is 3. The van der Waals surface area contributed by atoms with Crippen molar-refractivity contribution in [3.8, 4) is 34.8 Å². The summed E-state index contributed by atoms with van der Waals surface area (Å²) in [7, 11) is 3.52. The number of rotatable bonds is 7. The van der Waals surface area contributed by atoms with Crippen LogP contribution in [0.3, 0.4) is 0 Å². The van der Waals surface area contributed by atoms with Crippen molar-refractivity contribution in [1.82, 2.24) is 20.4 Å². The maximum absolute atomic E-state index is 13.7. The molecule has 1 fully saturated rings. The van der Waals surface area contributed by atoms with Crippen LogP contribution in [0.1, 0.15) is 59.3 Å². The first-order valence-corrected chi connectivity index (χ1v) is 17.7. The second kappa shape index (κ2) is 13.8. The third-order valence-corrected chi connectivity index (χ3v) is 11.0. The van der Waals surface area contributed by atoms with Crippen LogP contribution in [0.4, 0.5) is 5.69 Å². The molecule has 3 aromatic rings. The van der Waals surface area contributed by atoms with E-state index in [9.17, 15) is 20.0 Å². The van der Waals surface area contributed by atoms with Crippen molar-refractivity contribution < 1.29 is 33.6 Å². The average molecular weight is 727 g/mol. The first-order valence-electron chi connectivity index (χ1n) is 17.3. The Kier molecular flexibility index (Phi) is 9.37. The number of hydrogen-bond acceptors (Lipinski definition) is 11. The minimum Gasteiger partial charge on any atom is -0.504 e. The monoisotopic (exact) mass is 726 g/mol. The molecule has 7 rings (SSSR count). The van der Waals surface area contributed by atoms with Gasteiger partial charge < -0.3 is 40.0 Å². The van der Waals surface area contributed by atoms with Gasteiger partial charge in [0, 0.05) is 53.5 Å². The number of ether oxygens (including phenoxy) is 4. The van der Waals surface area contributed by atoms with Gasteiger partial charge in [-0.25, -0.2) is 0 Å². The first-order chi connectivity index (χ1) is 24.9. The summed E-state index contributed by atoms with van der Waals surface area (Å²) in [5, 5.41) is 32.2. The Bertz CT molecular complexity index is 2000. The van der Waals surface area contributed by atoms with Gasteiger partial charge in [0.1, 0.15) is 17.8 Å². The molecule has 4 aliphatic heterocycles. The first kappa shape index (κ1) is 35.3. The highest BCUT2D eigenvalue weighted by Gasteiger charge is 2.57. The molecule has 3 aromatic carbocycles. The number of carbonyl (C=O) groups is 2. The number of nitrogens with zero attached hydrogens (tertiary/aromatic N) is 3. The van der Waals surface area contributed by atoms with Crippen LogP contribution in [-0.4, -0.2) is 83.6 Å². The summed E-state index contributed by atoms with van der Waals surface area (Å²) >= 11 is 5.49. The van der Waals surface area contributed by atoms with Gasteiger partial charge in [0.2, 0.25) is 12.7 Å². The zero-order valence-corrected chi connectivity index (χ0v) is 30.7. The number of phenolic OH excluding ortho intramolecular Hbond substituents is 1. The topological polar surface area (TPSA) is 158 Å². The number of carbonyl (C=O) groups excluding carboxylic acids is 2. The van der Waals surface area contributed by atoms with Crippen LogP contribution in [0.5, 0.6) is 28.7 Å². The Morgan fingerprint density at radius 2 is 1.85 bits per heavy atom. The zero-order chi connectivity index (χ0) is 37.0. The minimum absolute atomic E-state index is 0.0302. The molecule has 0 saturated carbocycles. The van der Waals surface area contributed by atoms with Crippen molar-refractivity contribution in [2.75, 3.05) is 32.8 Å². The van der Waals surface area contributed by atoms with Crippen LogP contribution in [-0.2, 0) is 22.4 Å². The molecule has 4 heterocycles. The highest BCUT2D eigenvalue weighted by Crippen LogP contribution is 2.58. The lowest BCUT2D eigenvalue weighted by molar-refractivity contribution is -0.132. The van der Waals surface area contributed by atoms with Crippen molar-refractivity contribution in [1.29, 1.82) is 5.26 Å². The van der Waals surface area contributed by atoms with E-state index in [1.54, 1.807) is 6.92 Å². The molecule has 0 aliphatic carbocycles. The van der Waals surface area contributed by atoms with Crippen LogP contribution < -0.4 is 34.9 Å². The molecule has 13 nitrogen and oxygen atoms in total. The number of methoxy groups -OCH3 is 1. The highest BCUT2D eigenvalue weighted by molar-refractivity contribution is 7.80. The lowest BCUT2D eigenvalue weighted by Gasteiger charge is -2.60. The third kappa shape index (κ3) is 5.82. The fourth-order valence-corrected chi connectivity index (χ4v) is 8.91. The number of esters is 1. The summed E-state index contributed by atoms with van der Waals surface area (Å²) in [5.74, 6) is 1.00. The Labute approximate surface area is 307 Å². The summed E-state index contributed by atoms with van der Waals surface area (Å²) < 4.78 is 23.6. The molecule has 1 saturated heterocycles. The number of anilines is 1. The molecule has 4 aliphatic rings. The van der Waals surface area contributed by atoms with E-state index in [0.29, 0.717) is 52.1 Å². The summed E-state index contributed by atoms with van der Waals surface area (Å²) in [6.45, 7) is 6.85. The number of piperazine rings is 1. The number of nitriles is 1. The van der Waals surface area contributed by atoms with E-state index in [4.69, 9.17) is 31.2 Å². The number of fused-ring (bicyclic) bond motifs is 9. The molecule has 0 spiro atoms. The number of thiocarbonyl (C=S) groups is 1. The van der Waals surface area contributed by atoms with Gasteiger partial charge in [0.05, 0.1) is 25.3 Å². The molecule has 2 unspecified atom stereocenters. The average Bonchev–Trinajstić information content (AvgIpc) is 3.60. The maximum atomic E-state index is 13.7. The van der Waals surface area contributed by atoms with E-state index in [1.807, 2.05) is 57.3 Å². The van der Waals surface area contributed by atoms with Crippen LogP contribution in [0, 0.1) is 25.2 Å². The number of phenols is 1. The SMILES string of the molecule is COc1c(C)cc2c(c1O)[C@@H]1C3Cc4c(OC(C)=O)c(C)c5c(c4[C@H](CNC(=O)C(C)NC(=S)Nc4ccccc4)N3[C@@H](C#N)[C@H](C2)N1C)OCO5. The maximum Gasteiger partial charge on any atom is 0.308 e. The lowest BCUT2D eigenvalue weighted by atomic mass is 9.71. The van der Waals surface area contributed by atoms with Crippen LogP contribution in [0.25, 0.3) is 0 Å². The van der Waals surface area contributed by atoms with Gasteiger partial charge in [-0.05, 0) is 76.1 Å². The zero-order valence-electron chi connectivity index (χ0n) is 29.9. The third-order valence-electron chi connectivity index (χ3n) is 10.8. The summed E-state index contributed by atoms with van der Waals surface area (Å²) in [4.78, 5) is 30.6. The number of benzene rings is 3. The Morgan fingerprint density at radius 3 is 2.54 bits per heavy atom. The number of amides is 1. The number of hydrogen-bond donors (Lipinski definition) is 4. The van der Waals surface area contributed by atoms with E-state index in [1.165, 1.54) is 14.0 Å². The summed E-state index contributed by atoms with van der Waals surface area (Å²) in [5.41, 5.74) is 5.34. The Balaban J connectivity index is 1.31. The number of aromatic hydroxyl groups is 1. The van der Waals surface area contributed by atoms with Crippen molar-refractivity contribution in [2.45, 2.75) is 76.8 Å². The molecule has 272 valence electrons. The van der Waals surface area contributed by atoms with Gasteiger partial charge in [-0.1, -0.05) is 24.3 Å². The van der Waals surface area contributed by atoms with Crippen molar-refractivity contribution in [2.24, 2.45) is 0 Å². The Morgan fingerprint density at radius 1 is 1.12 bits per heavy atom. The predicted molar refractivity (Wildman–Crippen MR) is 196 cm³/mol. The largest absolute Gasteiger partial charge is 0.504 e. The molecule has 0 aromatic heterocycles. The van der Waals surface area contributed by atoms with E-state index in [0.717, 1.165) is 27.9 Å². The summed E-state index contributed by atoms with van der Waals surface area (Å²) in [6.07, 6.45) is 0.872. The fourth-order valence-electron chi connectivity index (χ4n) is 8.61. The summed E-state index contributed by atoms with van der Waals surface area (Å²) in [6, 6.07) is 11.1. The molecule has 52 heavy (non-hydrogen) atoms. The van der Waals surface area contributed by atoms with Crippen LogP contribution in [0.15, 0.2) is 36.4 Å². The molecule has 0 radical (unpaired) electrons. The van der Waals surface area contributed by atoms with Crippen LogP contribution in [0.2, 0.25) is 0 Å². The highest BCUT2D eigenvalue weighted by atomic mass is 32.1. The number of likely N-dealkylation sites (N-methyl/N-ethyl adjacent to an activating group) is 1. The molecule has 4 N–H and O–H groups in total. The predicted octanol–water partition coefficient (Wildman–Crippen LogP) is 3.93. The van der Waals surface area contributed by atoms with Gasteiger partial charge in [-0.3, -0.25) is 19.4 Å². The number of para-hydroxylation sites is 1. The molecule has 14 heteroatoms. The normalized spacial score (nSPS) is 23.2. The van der Waals surface area contributed by atoms with E-state index in [-0.39, 0.29) is 37.1 Å². The molecule has 2 bridgehead atoms. The van der Waals surface area contributed by atoms with E-state index < -0.39 is 30.1 Å². The standard InChI is InChI=1S/C38H42N6O7S/c1-18-12-22-13-25-27(15-39)44-26(31(43(25)5)29(22)32(46)33(18)48-6)14-24-30(36-35(49-17-50-36)19(2)34(24)51-21(4)45)28(44)16-40-37(47)20(3)41-38(52)42-23-10-8-7-9-11-23/h7-12,20,25-28,31,46H,13-14,16-17H2,1-6H3,(H,40,47)(H2,41,42,52)/t20?,25-,26?,27-,28-,31-/m0/s1. The van der Waals surface area contributed by atoms with Crippen molar-refractivity contribution in [3.05, 3.63) is 69.8 Å².